The zero-order valence-corrected chi connectivity index (χ0v) is 16.2. The van der Waals surface area contributed by atoms with Gasteiger partial charge in [0.1, 0.15) is 5.78 Å². The number of rotatable bonds is 9. The molecule has 0 aromatic heterocycles. The van der Waals surface area contributed by atoms with Crippen LogP contribution < -0.4 is 0 Å². The number of hydrogen-bond donors (Lipinski definition) is 2. The lowest BCUT2D eigenvalue weighted by Gasteiger charge is -2.30. The molecule has 6 nitrogen and oxygen atoms in total. The second-order valence-corrected chi connectivity index (χ2v) is 7.94. The third-order valence-corrected chi connectivity index (χ3v) is 5.87. The van der Waals surface area contributed by atoms with Gasteiger partial charge in [0.25, 0.3) is 0 Å². The second kappa shape index (κ2) is 10.1. The molecule has 1 aliphatic carbocycles. The zero-order chi connectivity index (χ0) is 19.9. The van der Waals surface area contributed by atoms with Gasteiger partial charge < -0.3 is 19.7 Å². The maximum absolute atomic E-state index is 12.4. The summed E-state index contributed by atoms with van der Waals surface area (Å²) in [6.07, 6.45) is 3.13. The summed E-state index contributed by atoms with van der Waals surface area (Å²) in [6, 6.07) is 9.59. The van der Waals surface area contributed by atoms with Crippen molar-refractivity contribution in [3.8, 4) is 0 Å². The maximum atomic E-state index is 12.4. The molecule has 2 aliphatic rings. The van der Waals surface area contributed by atoms with Crippen LogP contribution in [-0.4, -0.2) is 47.1 Å². The Morgan fingerprint density at radius 1 is 1.14 bits per heavy atom. The molecule has 0 amide bonds. The smallest absolute Gasteiger partial charge is 0.303 e. The van der Waals surface area contributed by atoms with Crippen LogP contribution in [0.3, 0.4) is 0 Å². The highest BCUT2D eigenvalue weighted by Crippen LogP contribution is 2.40. The van der Waals surface area contributed by atoms with Crippen molar-refractivity contribution in [3.63, 3.8) is 0 Å². The lowest BCUT2D eigenvalue weighted by Crippen LogP contribution is -2.32. The predicted molar refractivity (Wildman–Crippen MR) is 103 cm³/mol. The van der Waals surface area contributed by atoms with Crippen LogP contribution in [0, 0.1) is 11.8 Å². The van der Waals surface area contributed by atoms with Gasteiger partial charge in [-0.2, -0.15) is 0 Å². The highest BCUT2D eigenvalue weighted by Gasteiger charge is 2.45. The second-order valence-electron chi connectivity index (χ2n) is 7.94. The Hall–Kier alpha value is -1.76. The van der Waals surface area contributed by atoms with E-state index in [9.17, 15) is 19.8 Å². The van der Waals surface area contributed by atoms with Crippen molar-refractivity contribution in [2.75, 3.05) is 6.61 Å². The number of aliphatic hydroxyl groups excluding tert-OH is 1. The number of carboxylic acids is 1. The molecule has 6 heteroatoms. The van der Waals surface area contributed by atoms with Crippen LogP contribution >= 0.6 is 0 Å². The quantitative estimate of drug-likeness (QED) is 0.673. The van der Waals surface area contributed by atoms with Crippen molar-refractivity contribution < 1.29 is 29.3 Å². The highest BCUT2D eigenvalue weighted by molar-refractivity contribution is 5.80. The predicted octanol–water partition coefficient (Wildman–Crippen LogP) is 2.96. The Kier molecular flexibility index (Phi) is 7.59. The fourth-order valence-corrected chi connectivity index (χ4v) is 4.45. The summed E-state index contributed by atoms with van der Waals surface area (Å²) >= 11 is 0. The third-order valence-electron chi connectivity index (χ3n) is 5.87. The highest BCUT2D eigenvalue weighted by atomic mass is 16.7. The van der Waals surface area contributed by atoms with Gasteiger partial charge in [-0.3, -0.25) is 9.59 Å². The molecule has 0 bridgehead atoms. The number of carbonyl (C=O) groups is 2. The number of carbonyl (C=O) groups excluding carboxylic acids is 1. The molecule has 28 heavy (non-hydrogen) atoms. The zero-order valence-electron chi connectivity index (χ0n) is 16.2. The van der Waals surface area contributed by atoms with E-state index in [4.69, 9.17) is 9.47 Å². The van der Waals surface area contributed by atoms with Crippen molar-refractivity contribution in [1.82, 2.24) is 0 Å². The van der Waals surface area contributed by atoms with Crippen molar-refractivity contribution >= 4 is 11.8 Å². The van der Waals surface area contributed by atoms with E-state index in [1.54, 1.807) is 0 Å². The molecule has 1 saturated carbocycles. The van der Waals surface area contributed by atoms with Crippen LogP contribution in [-0.2, 0) is 25.5 Å². The summed E-state index contributed by atoms with van der Waals surface area (Å²) in [5.74, 6) is -1.36. The first-order valence-corrected chi connectivity index (χ1v) is 10.3. The summed E-state index contributed by atoms with van der Waals surface area (Å²) in [7, 11) is 0. The third kappa shape index (κ3) is 5.87. The van der Waals surface area contributed by atoms with E-state index in [2.05, 4.69) is 0 Å². The minimum absolute atomic E-state index is 0.107. The van der Waals surface area contributed by atoms with Crippen LogP contribution in [0.2, 0.25) is 0 Å². The SMILES string of the molecule is O=C(O)CC1C(O)CC(OC2CCCCO2)C1CCC(=O)Cc1ccccc1. The fourth-order valence-electron chi connectivity index (χ4n) is 4.45. The van der Waals surface area contributed by atoms with Gasteiger partial charge in [-0.1, -0.05) is 30.3 Å². The van der Waals surface area contributed by atoms with Gasteiger partial charge in [-0.25, -0.2) is 0 Å². The molecular weight excluding hydrogens is 360 g/mol. The van der Waals surface area contributed by atoms with Crippen molar-refractivity contribution in [3.05, 3.63) is 35.9 Å². The molecular formula is C22H30O6. The minimum Gasteiger partial charge on any atom is -0.481 e. The molecule has 0 radical (unpaired) electrons. The Morgan fingerprint density at radius 3 is 2.61 bits per heavy atom. The van der Waals surface area contributed by atoms with Gasteiger partial charge in [-0.15, -0.1) is 0 Å². The normalized spacial score (nSPS) is 30.2. The molecule has 1 aliphatic heterocycles. The molecule has 1 aromatic carbocycles. The van der Waals surface area contributed by atoms with Gasteiger partial charge in [0.2, 0.25) is 0 Å². The van der Waals surface area contributed by atoms with Gasteiger partial charge in [-0.05, 0) is 37.2 Å². The molecule has 1 heterocycles. The number of ketones is 1. The van der Waals surface area contributed by atoms with Gasteiger partial charge in [0.15, 0.2) is 6.29 Å². The maximum Gasteiger partial charge on any atom is 0.303 e. The Morgan fingerprint density at radius 2 is 1.93 bits per heavy atom. The van der Waals surface area contributed by atoms with E-state index in [1.165, 1.54) is 0 Å². The molecule has 5 atom stereocenters. The largest absolute Gasteiger partial charge is 0.481 e. The van der Waals surface area contributed by atoms with E-state index in [-0.39, 0.29) is 30.5 Å². The Bertz CT molecular complexity index is 640. The first kappa shape index (κ1) is 21.0. The van der Waals surface area contributed by atoms with Crippen molar-refractivity contribution in [2.24, 2.45) is 11.8 Å². The summed E-state index contributed by atoms with van der Waals surface area (Å²) in [5, 5.41) is 19.7. The van der Waals surface area contributed by atoms with Crippen molar-refractivity contribution in [1.29, 1.82) is 0 Å². The Labute approximate surface area is 165 Å². The minimum atomic E-state index is -0.931. The van der Waals surface area contributed by atoms with Crippen LogP contribution in [0.4, 0.5) is 0 Å². The standard InChI is InChI=1S/C22H30O6/c23-16(12-15-6-2-1-3-7-15)9-10-17-18(13-21(25)26)19(24)14-20(17)28-22-8-4-5-11-27-22/h1-3,6-7,17-20,22,24H,4-5,8-14H2,(H,25,26). The van der Waals surface area contributed by atoms with E-state index < -0.39 is 18.0 Å². The average molecular weight is 390 g/mol. The number of ether oxygens (including phenoxy) is 2. The molecule has 2 fully saturated rings. The van der Waals surface area contributed by atoms with Crippen LogP contribution in [0.5, 0.6) is 0 Å². The topological polar surface area (TPSA) is 93.1 Å². The molecule has 0 spiro atoms. The number of hydrogen-bond acceptors (Lipinski definition) is 5. The average Bonchev–Trinajstić information content (AvgIpc) is 2.95. The van der Waals surface area contributed by atoms with E-state index in [1.807, 2.05) is 30.3 Å². The first-order valence-electron chi connectivity index (χ1n) is 10.3. The number of Topliss-reactive ketones (excluding diaryl/α,β-unsaturated/α-hetero) is 1. The lowest BCUT2D eigenvalue weighted by atomic mass is 9.86. The summed E-state index contributed by atoms with van der Waals surface area (Å²) in [5.41, 5.74) is 0.976. The summed E-state index contributed by atoms with van der Waals surface area (Å²) < 4.78 is 11.8. The summed E-state index contributed by atoms with van der Waals surface area (Å²) in [6.45, 7) is 0.665. The monoisotopic (exact) mass is 390 g/mol. The number of aliphatic carboxylic acids is 1. The first-order chi connectivity index (χ1) is 13.5. The number of carboxylic acid groups (broad SMARTS) is 1. The van der Waals surface area contributed by atoms with Crippen molar-refractivity contribution in [2.45, 2.75) is 69.9 Å². The molecule has 1 aromatic rings. The molecule has 154 valence electrons. The summed E-state index contributed by atoms with van der Waals surface area (Å²) in [4.78, 5) is 23.7. The van der Waals surface area contributed by atoms with Gasteiger partial charge >= 0.3 is 5.97 Å². The van der Waals surface area contributed by atoms with E-state index in [0.717, 1.165) is 24.8 Å². The molecule has 2 N–H and O–H groups in total. The number of benzene rings is 1. The Balaban J connectivity index is 1.61. The lowest BCUT2D eigenvalue weighted by molar-refractivity contribution is -0.196. The fraction of sp³-hybridized carbons (Fsp3) is 0.636. The molecule has 5 unspecified atom stereocenters. The van der Waals surface area contributed by atoms with Gasteiger partial charge in [0.05, 0.1) is 18.6 Å². The van der Waals surface area contributed by atoms with E-state index in [0.29, 0.717) is 32.3 Å². The van der Waals surface area contributed by atoms with Crippen LogP contribution in [0.15, 0.2) is 30.3 Å². The van der Waals surface area contributed by atoms with Gasteiger partial charge in [0, 0.05) is 31.8 Å². The number of aliphatic hydroxyl groups is 1. The molecule has 3 rings (SSSR count). The van der Waals surface area contributed by atoms with E-state index >= 15 is 0 Å². The van der Waals surface area contributed by atoms with Crippen LogP contribution in [0.25, 0.3) is 0 Å². The molecule has 1 saturated heterocycles. The van der Waals surface area contributed by atoms with Crippen LogP contribution in [0.1, 0.15) is 50.5 Å².